The Hall–Kier alpha value is -5.34. The molecular formula is C33H33FN5O9P. The molecule has 2 atom stereocenters. The smallest absolute Gasteiger partial charge is 0.497 e. The number of nitrogens with one attached hydrogen (secondary N) is 1. The molecule has 3 aromatic carbocycles. The predicted octanol–water partition coefficient (Wildman–Crippen LogP) is 4.68. The number of fused-ring (bicyclic) bond motifs is 1. The quantitative estimate of drug-likeness (QED) is 0.132. The molecule has 1 unspecified atom stereocenters. The summed E-state index contributed by atoms with van der Waals surface area (Å²) >= 11 is 0. The van der Waals surface area contributed by atoms with Crippen molar-refractivity contribution in [1.29, 1.82) is 0 Å². The van der Waals surface area contributed by atoms with Crippen LogP contribution in [0.15, 0.2) is 83.8 Å². The molecule has 0 spiro atoms. The number of ether oxygens (including phenoxy) is 2. The number of hydrogen-bond donors (Lipinski definition) is 4. The average Bonchev–Trinajstić information content (AvgIpc) is 3.29. The van der Waals surface area contributed by atoms with Crippen LogP contribution < -0.4 is 26.1 Å². The molecule has 0 fully saturated rings. The van der Waals surface area contributed by atoms with Gasteiger partial charge in [0.1, 0.15) is 23.1 Å². The lowest BCUT2D eigenvalue weighted by molar-refractivity contribution is -0.137. The summed E-state index contributed by atoms with van der Waals surface area (Å²) in [5.74, 6) is -2.41. The highest BCUT2D eigenvalue weighted by Crippen LogP contribution is 2.36. The van der Waals surface area contributed by atoms with Crippen molar-refractivity contribution in [3.63, 3.8) is 0 Å². The van der Waals surface area contributed by atoms with Gasteiger partial charge in [0, 0.05) is 35.9 Å². The van der Waals surface area contributed by atoms with Crippen LogP contribution in [0.1, 0.15) is 29.4 Å². The fourth-order valence-corrected chi connectivity index (χ4v) is 5.70. The summed E-state index contributed by atoms with van der Waals surface area (Å²) < 4.78 is 44.4. The number of aromatic nitrogens is 3. The second-order valence-electron chi connectivity index (χ2n) is 11.2. The molecule has 5 aromatic rings. The van der Waals surface area contributed by atoms with Gasteiger partial charge in [0.2, 0.25) is 0 Å². The molecule has 49 heavy (non-hydrogen) atoms. The number of benzene rings is 3. The van der Waals surface area contributed by atoms with Gasteiger partial charge in [0.05, 0.1) is 24.0 Å². The highest BCUT2D eigenvalue weighted by atomic mass is 31.2. The highest BCUT2D eigenvalue weighted by Gasteiger charge is 2.29. The molecule has 0 aliphatic carbocycles. The zero-order valence-corrected chi connectivity index (χ0v) is 27.5. The number of amides is 1. The van der Waals surface area contributed by atoms with Crippen molar-refractivity contribution >= 4 is 36.3 Å². The number of pyridine rings is 1. The average molecular weight is 694 g/mol. The number of carbonyl (C=O) groups is 2. The molecule has 16 heteroatoms. The Labute approximate surface area is 279 Å². The van der Waals surface area contributed by atoms with Crippen molar-refractivity contribution in [3.8, 4) is 22.9 Å². The standard InChI is InChI=1S/C33H33FN5O9P/c1-19(15-26(35)33(42)48-49(43,44)45)18-38-20(2)30(32(41)39(38)22-7-5-4-6-8-22)31(40)37-21-9-12-29(25(34)16-21)47-28-13-14-36-27-17-23(46-3)10-11-24(27)28/h4-14,16-17,19,26H,15,18,35H2,1-3H3,(H,37,40)(H2,43,44,45)/t19-,26?/m0/s1. The van der Waals surface area contributed by atoms with E-state index < -0.39 is 43.0 Å². The van der Waals surface area contributed by atoms with Gasteiger partial charge < -0.3 is 25.0 Å². The van der Waals surface area contributed by atoms with E-state index in [0.29, 0.717) is 28.1 Å². The number of phosphoric acid groups is 1. The molecule has 0 radical (unpaired) electrons. The molecule has 0 aliphatic heterocycles. The molecular weight excluding hydrogens is 660 g/mol. The number of methoxy groups -OCH3 is 1. The van der Waals surface area contributed by atoms with Gasteiger partial charge in [-0.05, 0) is 61.7 Å². The number of hydrogen-bond acceptors (Lipinski definition) is 9. The first-order chi connectivity index (χ1) is 23.3. The van der Waals surface area contributed by atoms with E-state index in [9.17, 15) is 18.9 Å². The first kappa shape index (κ1) is 35.0. The summed E-state index contributed by atoms with van der Waals surface area (Å²) in [6.07, 6.45) is 1.47. The predicted molar refractivity (Wildman–Crippen MR) is 177 cm³/mol. The molecule has 0 bridgehead atoms. The zero-order valence-electron chi connectivity index (χ0n) is 26.6. The third-order valence-corrected chi connectivity index (χ3v) is 8.01. The minimum atomic E-state index is -5.08. The Morgan fingerprint density at radius 2 is 1.80 bits per heavy atom. The zero-order chi connectivity index (χ0) is 35.5. The van der Waals surface area contributed by atoms with Gasteiger partial charge in [-0.2, -0.15) is 0 Å². The van der Waals surface area contributed by atoms with Crippen molar-refractivity contribution < 1.29 is 42.3 Å². The molecule has 0 saturated carbocycles. The number of rotatable bonds is 12. The first-order valence-electron chi connectivity index (χ1n) is 14.9. The lowest BCUT2D eigenvalue weighted by atomic mass is 10.0. The Kier molecular flexibility index (Phi) is 10.3. The third-order valence-electron chi connectivity index (χ3n) is 7.60. The van der Waals surface area contributed by atoms with Gasteiger partial charge in [-0.15, -0.1) is 0 Å². The molecule has 2 heterocycles. The lowest BCUT2D eigenvalue weighted by Gasteiger charge is -2.20. The van der Waals surface area contributed by atoms with Crippen LogP contribution >= 0.6 is 7.82 Å². The number of halogens is 1. The number of anilines is 1. The van der Waals surface area contributed by atoms with E-state index in [4.69, 9.17) is 25.0 Å². The molecule has 1 amide bonds. The minimum absolute atomic E-state index is 0.0574. The molecule has 2 aromatic heterocycles. The van der Waals surface area contributed by atoms with E-state index in [-0.39, 0.29) is 35.7 Å². The monoisotopic (exact) mass is 693 g/mol. The number of para-hydroxylation sites is 1. The van der Waals surface area contributed by atoms with E-state index in [1.165, 1.54) is 30.1 Å². The second-order valence-corrected chi connectivity index (χ2v) is 12.4. The molecule has 14 nitrogen and oxygen atoms in total. The summed E-state index contributed by atoms with van der Waals surface area (Å²) in [5.41, 5.74) is 6.34. The Morgan fingerprint density at radius 3 is 2.47 bits per heavy atom. The van der Waals surface area contributed by atoms with E-state index in [0.717, 1.165) is 6.07 Å². The second kappa shape index (κ2) is 14.4. The van der Waals surface area contributed by atoms with Crippen LogP contribution in [0.25, 0.3) is 16.6 Å². The van der Waals surface area contributed by atoms with Crippen LogP contribution in [0.5, 0.6) is 17.2 Å². The summed E-state index contributed by atoms with van der Waals surface area (Å²) in [7, 11) is -3.54. The molecule has 0 aliphatic rings. The number of phosphoric ester groups is 1. The van der Waals surface area contributed by atoms with Crippen molar-refractivity contribution in [2.45, 2.75) is 32.9 Å². The minimum Gasteiger partial charge on any atom is -0.497 e. The summed E-state index contributed by atoms with van der Waals surface area (Å²) in [4.78, 5) is 61.5. The number of carbonyl (C=O) groups excluding carboxylic acids is 2. The van der Waals surface area contributed by atoms with Gasteiger partial charge in [0.25, 0.3) is 11.5 Å². The lowest BCUT2D eigenvalue weighted by Crippen LogP contribution is -2.35. The van der Waals surface area contributed by atoms with Crippen LogP contribution in [0.3, 0.4) is 0 Å². The van der Waals surface area contributed by atoms with Crippen molar-refractivity contribution in [1.82, 2.24) is 14.3 Å². The largest absolute Gasteiger partial charge is 0.527 e. The SMILES string of the molecule is COc1ccc2c(Oc3ccc(NC(=O)c4c(C)n(C[C@@H](C)CC(N)C(=O)OP(=O)(O)O)n(-c5ccccc5)c4=O)cc3F)ccnc2c1. The van der Waals surface area contributed by atoms with Crippen LogP contribution in [0.2, 0.25) is 0 Å². The van der Waals surface area contributed by atoms with Crippen LogP contribution in [-0.4, -0.2) is 49.2 Å². The van der Waals surface area contributed by atoms with Gasteiger partial charge in [-0.3, -0.25) is 29.0 Å². The van der Waals surface area contributed by atoms with Gasteiger partial charge in [-0.1, -0.05) is 25.1 Å². The topological polar surface area (TPSA) is 197 Å². The number of nitrogens with zero attached hydrogens (tertiary/aromatic N) is 3. The van der Waals surface area contributed by atoms with Crippen molar-refractivity contribution in [2.75, 3.05) is 12.4 Å². The van der Waals surface area contributed by atoms with Crippen molar-refractivity contribution in [2.24, 2.45) is 11.7 Å². The van der Waals surface area contributed by atoms with Crippen molar-refractivity contribution in [3.05, 3.63) is 106 Å². The Bertz CT molecular complexity index is 2130. The highest BCUT2D eigenvalue weighted by molar-refractivity contribution is 7.46. The maximum absolute atomic E-state index is 15.3. The summed E-state index contributed by atoms with van der Waals surface area (Å²) in [6.45, 7) is 3.36. The Balaban J connectivity index is 1.39. The van der Waals surface area contributed by atoms with E-state index in [1.807, 2.05) is 0 Å². The Morgan fingerprint density at radius 1 is 1.06 bits per heavy atom. The molecule has 5 N–H and O–H groups in total. The van der Waals surface area contributed by atoms with Gasteiger partial charge >= 0.3 is 13.8 Å². The summed E-state index contributed by atoms with van der Waals surface area (Å²) in [5, 5.41) is 3.22. The van der Waals surface area contributed by atoms with E-state index in [2.05, 4.69) is 14.8 Å². The van der Waals surface area contributed by atoms with E-state index >= 15 is 4.39 Å². The molecule has 5 rings (SSSR count). The maximum Gasteiger partial charge on any atom is 0.527 e. The summed E-state index contributed by atoms with van der Waals surface area (Å²) in [6, 6.07) is 17.8. The van der Waals surface area contributed by atoms with Crippen LogP contribution in [0, 0.1) is 18.7 Å². The fraction of sp³-hybridized carbons (Fsp3) is 0.212. The van der Waals surface area contributed by atoms with Crippen LogP contribution in [0.4, 0.5) is 10.1 Å². The first-order valence-corrected chi connectivity index (χ1v) is 16.4. The van der Waals surface area contributed by atoms with Crippen LogP contribution in [-0.2, 0) is 20.4 Å². The number of nitrogens with two attached hydrogens (primary N) is 1. The van der Waals surface area contributed by atoms with Gasteiger partial charge in [0.15, 0.2) is 11.6 Å². The molecule has 0 saturated heterocycles. The van der Waals surface area contributed by atoms with E-state index in [1.54, 1.807) is 73.1 Å². The fourth-order valence-electron chi connectivity index (χ4n) is 5.33. The van der Waals surface area contributed by atoms with Gasteiger partial charge in [-0.25, -0.2) is 18.4 Å². The normalized spacial score (nSPS) is 12.7. The maximum atomic E-state index is 15.3. The third kappa shape index (κ3) is 8.04. The molecule has 256 valence electrons.